The highest BCUT2D eigenvalue weighted by Gasteiger charge is 2.54. The highest BCUT2D eigenvalue weighted by molar-refractivity contribution is 5.86. The highest BCUT2D eigenvalue weighted by Crippen LogP contribution is 2.60. The van der Waals surface area contributed by atoms with Crippen molar-refractivity contribution in [2.45, 2.75) is 57.7 Å². The lowest BCUT2D eigenvalue weighted by molar-refractivity contribution is -0.194. The Balaban J connectivity index is 1.63. The van der Waals surface area contributed by atoms with E-state index in [1.807, 2.05) is 0 Å². The minimum absolute atomic E-state index is 0.163. The maximum Gasteiger partial charge on any atom is 0.300 e. The van der Waals surface area contributed by atoms with Crippen LogP contribution in [0.15, 0.2) is 0 Å². The van der Waals surface area contributed by atoms with Gasteiger partial charge in [0.25, 0.3) is 12.3 Å². The Morgan fingerprint density at radius 3 is 2.05 bits per heavy atom. The second-order valence-corrected chi connectivity index (χ2v) is 7.20. The molecule has 4 aliphatic rings. The molecule has 1 unspecified atom stereocenters. The molecule has 114 valence electrons. The molecular weight excluding hydrogens is 269 g/mol. The predicted octanol–water partition coefficient (Wildman–Crippen LogP) is 3.74. The Labute approximate surface area is 117 Å². The molecule has 4 rings (SSSR count). The van der Waals surface area contributed by atoms with E-state index in [9.17, 15) is 18.0 Å². The van der Waals surface area contributed by atoms with Gasteiger partial charge in [-0.3, -0.25) is 4.79 Å². The fourth-order valence-electron chi connectivity index (χ4n) is 4.90. The summed E-state index contributed by atoms with van der Waals surface area (Å²) in [6.45, 7) is -0.0520. The molecule has 0 aromatic rings. The number of alkyl halides is 3. The van der Waals surface area contributed by atoms with Gasteiger partial charge in [0, 0.05) is 12.3 Å². The summed E-state index contributed by atoms with van der Waals surface area (Å²) in [6.07, 6.45) is 3.45. The van der Waals surface area contributed by atoms with E-state index >= 15 is 0 Å². The van der Waals surface area contributed by atoms with E-state index < -0.39 is 24.3 Å². The molecule has 4 saturated carbocycles. The molecule has 0 spiro atoms. The van der Waals surface area contributed by atoms with Gasteiger partial charge < -0.3 is 4.74 Å². The second kappa shape index (κ2) is 4.72. The van der Waals surface area contributed by atoms with Crippen molar-refractivity contribution in [3.05, 3.63) is 0 Å². The molecular formula is C15H21F3O2. The number of carbonyl (C=O) groups excluding carboxylic acids is 1. The van der Waals surface area contributed by atoms with Gasteiger partial charge >= 0.3 is 0 Å². The average Bonchev–Trinajstić information content (AvgIpc) is 2.32. The quantitative estimate of drug-likeness (QED) is 0.771. The van der Waals surface area contributed by atoms with Gasteiger partial charge in [0.2, 0.25) is 0 Å². The van der Waals surface area contributed by atoms with Crippen molar-refractivity contribution < 1.29 is 22.7 Å². The van der Waals surface area contributed by atoms with Gasteiger partial charge in [0.05, 0.1) is 0 Å². The topological polar surface area (TPSA) is 26.3 Å². The van der Waals surface area contributed by atoms with E-state index in [2.05, 4.69) is 4.74 Å². The Hall–Kier alpha value is -0.580. The summed E-state index contributed by atoms with van der Waals surface area (Å²) in [5.41, 5.74) is -0.405. The minimum Gasteiger partial charge on any atom is -0.336 e. The van der Waals surface area contributed by atoms with Crippen LogP contribution in [0.2, 0.25) is 0 Å². The van der Waals surface area contributed by atoms with Crippen LogP contribution in [-0.4, -0.2) is 24.7 Å². The largest absolute Gasteiger partial charge is 0.336 e. The van der Waals surface area contributed by atoms with Crippen LogP contribution in [0.4, 0.5) is 13.2 Å². The van der Waals surface area contributed by atoms with E-state index in [0.717, 1.165) is 19.3 Å². The average molecular weight is 290 g/mol. The van der Waals surface area contributed by atoms with Crippen LogP contribution in [0.5, 0.6) is 0 Å². The SMILES string of the molecule is CC(F)(F)C(F)OCC(=O)C12CC3CC(CC(C3)C1)C2. The molecule has 2 nitrogen and oxygen atoms in total. The highest BCUT2D eigenvalue weighted by atomic mass is 19.3. The number of ether oxygens (including phenoxy) is 1. The standard InChI is InChI=1S/C15H21F3O2/c1-14(17,18)13(16)20-8-12(19)15-5-9-2-10(6-15)4-11(3-9)7-15/h9-11,13H,2-8H2,1H3. The Bertz CT molecular complexity index is 367. The fourth-order valence-corrected chi connectivity index (χ4v) is 4.90. The molecule has 20 heavy (non-hydrogen) atoms. The van der Waals surface area contributed by atoms with Crippen LogP contribution < -0.4 is 0 Å². The molecule has 4 bridgehead atoms. The number of carbonyl (C=O) groups is 1. The minimum atomic E-state index is -3.55. The monoisotopic (exact) mass is 290 g/mol. The number of rotatable bonds is 5. The molecule has 0 amide bonds. The first-order chi connectivity index (χ1) is 9.28. The van der Waals surface area contributed by atoms with Crippen molar-refractivity contribution in [1.82, 2.24) is 0 Å². The molecule has 0 N–H and O–H groups in total. The first-order valence-electron chi connectivity index (χ1n) is 7.45. The van der Waals surface area contributed by atoms with E-state index in [1.54, 1.807) is 0 Å². The van der Waals surface area contributed by atoms with Crippen LogP contribution >= 0.6 is 0 Å². The number of hydrogen-bond acceptors (Lipinski definition) is 2. The molecule has 4 aliphatic carbocycles. The summed E-state index contributed by atoms with van der Waals surface area (Å²) in [5.74, 6) is -1.93. The van der Waals surface area contributed by atoms with Crippen molar-refractivity contribution in [3.63, 3.8) is 0 Å². The lowest BCUT2D eigenvalue weighted by Gasteiger charge is -2.55. The van der Waals surface area contributed by atoms with Crippen LogP contribution in [0.25, 0.3) is 0 Å². The summed E-state index contributed by atoms with van der Waals surface area (Å²) in [7, 11) is 0. The van der Waals surface area contributed by atoms with Crippen molar-refractivity contribution in [2.75, 3.05) is 6.61 Å². The van der Waals surface area contributed by atoms with Gasteiger partial charge in [0.1, 0.15) is 6.61 Å². The van der Waals surface area contributed by atoms with Gasteiger partial charge in [-0.1, -0.05) is 0 Å². The van der Waals surface area contributed by atoms with E-state index in [1.165, 1.54) is 19.3 Å². The Morgan fingerprint density at radius 2 is 1.65 bits per heavy atom. The molecule has 0 aliphatic heterocycles. The summed E-state index contributed by atoms with van der Waals surface area (Å²) in [5, 5.41) is 0. The number of Topliss-reactive ketones (excluding diaryl/α,β-unsaturated/α-hetero) is 1. The van der Waals surface area contributed by atoms with Gasteiger partial charge in [-0.15, -0.1) is 0 Å². The fraction of sp³-hybridized carbons (Fsp3) is 0.933. The second-order valence-electron chi connectivity index (χ2n) is 7.20. The first kappa shape index (κ1) is 14.4. The Morgan fingerprint density at radius 1 is 1.20 bits per heavy atom. The summed E-state index contributed by atoms with van der Waals surface area (Å²) in [4.78, 5) is 12.4. The summed E-state index contributed by atoms with van der Waals surface area (Å²) >= 11 is 0. The lowest BCUT2D eigenvalue weighted by atomic mass is 9.48. The molecule has 4 fully saturated rings. The smallest absolute Gasteiger partial charge is 0.300 e. The van der Waals surface area contributed by atoms with E-state index in [-0.39, 0.29) is 5.78 Å². The molecule has 0 aromatic carbocycles. The first-order valence-corrected chi connectivity index (χ1v) is 7.45. The van der Waals surface area contributed by atoms with Crippen LogP contribution in [0.1, 0.15) is 45.4 Å². The maximum atomic E-state index is 13.1. The van der Waals surface area contributed by atoms with Crippen molar-refractivity contribution in [2.24, 2.45) is 23.2 Å². The maximum absolute atomic E-state index is 13.1. The molecule has 0 radical (unpaired) electrons. The zero-order chi connectivity index (χ0) is 14.5. The molecule has 0 aromatic heterocycles. The third kappa shape index (κ3) is 2.49. The number of hydrogen-bond donors (Lipinski definition) is 0. The van der Waals surface area contributed by atoms with E-state index in [4.69, 9.17) is 0 Å². The Kier molecular flexibility index (Phi) is 3.39. The van der Waals surface area contributed by atoms with Gasteiger partial charge in [-0.05, 0) is 56.3 Å². The normalized spacial score (nSPS) is 40.9. The zero-order valence-electron chi connectivity index (χ0n) is 11.7. The van der Waals surface area contributed by atoms with Gasteiger partial charge in [-0.25, -0.2) is 13.2 Å². The third-order valence-electron chi connectivity index (χ3n) is 5.39. The van der Waals surface area contributed by atoms with E-state index in [0.29, 0.717) is 24.7 Å². The zero-order valence-corrected chi connectivity index (χ0v) is 11.7. The van der Waals surface area contributed by atoms with Gasteiger partial charge in [-0.2, -0.15) is 0 Å². The molecule has 0 saturated heterocycles. The number of halogens is 3. The summed E-state index contributed by atoms with van der Waals surface area (Å²) in [6, 6.07) is 0. The van der Waals surface area contributed by atoms with Crippen LogP contribution in [0, 0.1) is 23.2 Å². The molecule has 0 heterocycles. The molecule has 1 atom stereocenters. The van der Waals surface area contributed by atoms with Crippen molar-refractivity contribution >= 4 is 5.78 Å². The third-order valence-corrected chi connectivity index (χ3v) is 5.39. The molecule has 5 heteroatoms. The van der Waals surface area contributed by atoms with Crippen molar-refractivity contribution in [3.8, 4) is 0 Å². The van der Waals surface area contributed by atoms with Crippen molar-refractivity contribution in [1.29, 1.82) is 0 Å². The summed E-state index contributed by atoms with van der Waals surface area (Å²) < 4.78 is 43.0. The van der Waals surface area contributed by atoms with Gasteiger partial charge in [0.15, 0.2) is 5.78 Å². The lowest BCUT2D eigenvalue weighted by Crippen LogP contribution is -2.51. The van der Waals surface area contributed by atoms with Crippen LogP contribution in [-0.2, 0) is 9.53 Å². The predicted molar refractivity (Wildman–Crippen MR) is 67.1 cm³/mol. The van der Waals surface area contributed by atoms with Crippen LogP contribution in [0.3, 0.4) is 0 Å². The number of ketones is 1.